The minimum atomic E-state index is -0.860. The molecule has 0 spiro atoms. The normalized spacial score (nSPS) is 24.9. The summed E-state index contributed by atoms with van der Waals surface area (Å²) in [5, 5.41) is 8.93. The number of rotatable bonds is 2. The van der Waals surface area contributed by atoms with E-state index in [0.717, 1.165) is 17.9 Å². The molecule has 1 heterocycles. The van der Waals surface area contributed by atoms with Gasteiger partial charge in [0, 0.05) is 20.1 Å². The Kier molecular flexibility index (Phi) is 2.69. The number of benzene rings is 1. The van der Waals surface area contributed by atoms with Crippen LogP contribution in [0.3, 0.4) is 0 Å². The van der Waals surface area contributed by atoms with Crippen LogP contribution >= 0.6 is 0 Å². The number of para-hydroxylation sites is 2. The summed E-state index contributed by atoms with van der Waals surface area (Å²) in [5.74, 6) is -1.73. The van der Waals surface area contributed by atoms with Crippen molar-refractivity contribution in [1.29, 1.82) is 0 Å². The van der Waals surface area contributed by atoms with E-state index in [0.29, 0.717) is 13.0 Å². The first-order chi connectivity index (χ1) is 9.09. The Morgan fingerprint density at radius 2 is 1.84 bits per heavy atom. The fourth-order valence-electron chi connectivity index (χ4n) is 2.68. The second-order valence-electron chi connectivity index (χ2n) is 5.19. The topological polar surface area (TPSA) is 60.9 Å². The highest BCUT2D eigenvalue weighted by Gasteiger charge is 2.50. The number of hydrogen-bond acceptors (Lipinski definition) is 3. The van der Waals surface area contributed by atoms with Gasteiger partial charge in [-0.3, -0.25) is 9.59 Å². The minimum absolute atomic E-state index is 0.0482. The number of anilines is 2. The highest BCUT2D eigenvalue weighted by molar-refractivity contribution is 6.02. The van der Waals surface area contributed by atoms with E-state index in [-0.39, 0.29) is 11.8 Å². The number of fused-ring (bicyclic) bond motifs is 1. The molecule has 2 atom stereocenters. The first-order valence-electron chi connectivity index (χ1n) is 6.44. The van der Waals surface area contributed by atoms with E-state index in [1.165, 1.54) is 0 Å². The molecule has 1 aliphatic carbocycles. The van der Waals surface area contributed by atoms with Crippen molar-refractivity contribution in [3.63, 3.8) is 0 Å². The van der Waals surface area contributed by atoms with E-state index in [4.69, 9.17) is 5.11 Å². The van der Waals surface area contributed by atoms with Crippen LogP contribution in [0.2, 0.25) is 0 Å². The van der Waals surface area contributed by atoms with Gasteiger partial charge in [-0.05, 0) is 18.6 Å². The first-order valence-corrected chi connectivity index (χ1v) is 6.44. The number of carboxylic acids is 1. The average Bonchev–Trinajstić information content (AvgIpc) is 3.19. The molecule has 1 fully saturated rings. The van der Waals surface area contributed by atoms with E-state index >= 15 is 0 Å². The molecule has 1 aromatic rings. The molecule has 100 valence electrons. The molecule has 0 saturated heterocycles. The lowest BCUT2D eigenvalue weighted by Crippen LogP contribution is -2.43. The first kappa shape index (κ1) is 12.0. The number of hydrogen-bond donors (Lipinski definition) is 1. The molecule has 5 nitrogen and oxygen atoms in total. The van der Waals surface area contributed by atoms with Crippen molar-refractivity contribution in [2.45, 2.75) is 6.42 Å². The molecule has 3 rings (SSSR count). The van der Waals surface area contributed by atoms with Crippen LogP contribution in [0.15, 0.2) is 24.3 Å². The summed E-state index contributed by atoms with van der Waals surface area (Å²) in [4.78, 5) is 27.1. The van der Waals surface area contributed by atoms with Gasteiger partial charge < -0.3 is 14.9 Å². The van der Waals surface area contributed by atoms with Crippen molar-refractivity contribution in [2.75, 3.05) is 29.9 Å². The van der Waals surface area contributed by atoms with Crippen LogP contribution in [0.25, 0.3) is 0 Å². The molecule has 0 bridgehead atoms. The van der Waals surface area contributed by atoms with Crippen molar-refractivity contribution < 1.29 is 14.7 Å². The molecular formula is C14H16N2O3. The van der Waals surface area contributed by atoms with Gasteiger partial charge in [-0.2, -0.15) is 0 Å². The van der Waals surface area contributed by atoms with Crippen molar-refractivity contribution in [3.05, 3.63) is 24.3 Å². The highest BCUT2D eigenvalue weighted by atomic mass is 16.4. The standard InChI is InChI=1S/C14H16N2O3/c1-15-6-7-16(12-5-3-2-4-11(12)15)13(17)9-8-10(9)14(18)19/h2-5,9-10H,6-8H2,1H3,(H,18,19)/t9-,10+/m1/s1. The fraction of sp³-hybridized carbons (Fsp3) is 0.429. The summed E-state index contributed by atoms with van der Waals surface area (Å²) in [5.41, 5.74) is 1.91. The van der Waals surface area contributed by atoms with Crippen molar-refractivity contribution >= 4 is 23.3 Å². The van der Waals surface area contributed by atoms with E-state index in [9.17, 15) is 9.59 Å². The van der Waals surface area contributed by atoms with Gasteiger partial charge in [0.25, 0.3) is 0 Å². The van der Waals surface area contributed by atoms with Crippen LogP contribution in [-0.4, -0.2) is 37.1 Å². The molecule has 1 aliphatic heterocycles. The highest BCUT2D eigenvalue weighted by Crippen LogP contribution is 2.42. The van der Waals surface area contributed by atoms with Crippen molar-refractivity contribution in [2.24, 2.45) is 11.8 Å². The number of aliphatic carboxylic acids is 1. The Hall–Kier alpha value is -2.04. The van der Waals surface area contributed by atoms with Gasteiger partial charge in [0.1, 0.15) is 0 Å². The van der Waals surface area contributed by atoms with Gasteiger partial charge in [0.15, 0.2) is 0 Å². The molecule has 1 aromatic carbocycles. The maximum atomic E-state index is 12.4. The van der Waals surface area contributed by atoms with Crippen LogP contribution in [0.5, 0.6) is 0 Å². The van der Waals surface area contributed by atoms with Gasteiger partial charge in [0.2, 0.25) is 5.91 Å². The number of carboxylic acid groups (broad SMARTS) is 1. The zero-order chi connectivity index (χ0) is 13.6. The SMILES string of the molecule is CN1CCN(C(=O)[C@@H]2C[C@@H]2C(=O)O)c2ccccc21. The number of carbonyl (C=O) groups is 2. The monoisotopic (exact) mass is 260 g/mol. The predicted octanol–water partition coefficient (Wildman–Crippen LogP) is 1.19. The number of carbonyl (C=O) groups excluding carboxylic acids is 1. The summed E-state index contributed by atoms with van der Waals surface area (Å²) in [6, 6.07) is 7.75. The Bertz CT molecular complexity index is 543. The second kappa shape index (κ2) is 4.26. The minimum Gasteiger partial charge on any atom is -0.481 e. The van der Waals surface area contributed by atoms with Crippen LogP contribution in [0.4, 0.5) is 11.4 Å². The molecule has 1 amide bonds. The lowest BCUT2D eigenvalue weighted by Gasteiger charge is -2.35. The molecule has 19 heavy (non-hydrogen) atoms. The van der Waals surface area contributed by atoms with Crippen LogP contribution < -0.4 is 9.80 Å². The van der Waals surface area contributed by atoms with Crippen LogP contribution in [0, 0.1) is 11.8 Å². The van der Waals surface area contributed by atoms with E-state index < -0.39 is 11.9 Å². The molecule has 2 aliphatic rings. The zero-order valence-electron chi connectivity index (χ0n) is 10.7. The molecule has 1 saturated carbocycles. The Labute approximate surface area is 111 Å². The molecule has 1 N–H and O–H groups in total. The van der Waals surface area contributed by atoms with Gasteiger partial charge in [-0.15, -0.1) is 0 Å². The van der Waals surface area contributed by atoms with Crippen molar-refractivity contribution in [1.82, 2.24) is 0 Å². The van der Waals surface area contributed by atoms with Gasteiger partial charge in [0.05, 0.1) is 23.2 Å². The van der Waals surface area contributed by atoms with E-state index in [2.05, 4.69) is 4.90 Å². The predicted molar refractivity (Wildman–Crippen MR) is 71.3 cm³/mol. The number of nitrogens with zero attached hydrogens (tertiary/aromatic N) is 2. The van der Waals surface area contributed by atoms with Gasteiger partial charge in [-0.1, -0.05) is 12.1 Å². The lowest BCUT2D eigenvalue weighted by atomic mass is 10.1. The zero-order valence-corrected chi connectivity index (χ0v) is 10.7. The largest absolute Gasteiger partial charge is 0.481 e. The lowest BCUT2D eigenvalue weighted by molar-refractivity contribution is -0.140. The molecular weight excluding hydrogens is 244 g/mol. The third-order valence-electron chi connectivity index (χ3n) is 3.93. The number of likely N-dealkylation sites (N-methyl/N-ethyl adjacent to an activating group) is 1. The Balaban J connectivity index is 1.85. The summed E-state index contributed by atoms with van der Waals surface area (Å²) < 4.78 is 0. The summed E-state index contributed by atoms with van der Waals surface area (Å²) >= 11 is 0. The van der Waals surface area contributed by atoms with Crippen LogP contribution in [-0.2, 0) is 9.59 Å². The molecule has 0 aromatic heterocycles. The van der Waals surface area contributed by atoms with Crippen LogP contribution in [0.1, 0.15) is 6.42 Å². The Morgan fingerprint density at radius 1 is 1.16 bits per heavy atom. The van der Waals surface area contributed by atoms with Crippen molar-refractivity contribution in [3.8, 4) is 0 Å². The maximum Gasteiger partial charge on any atom is 0.307 e. The van der Waals surface area contributed by atoms with Gasteiger partial charge in [-0.25, -0.2) is 0 Å². The number of amides is 1. The third kappa shape index (κ3) is 1.95. The van der Waals surface area contributed by atoms with E-state index in [1.807, 2.05) is 31.3 Å². The average molecular weight is 260 g/mol. The smallest absolute Gasteiger partial charge is 0.307 e. The summed E-state index contributed by atoms with van der Waals surface area (Å²) in [6.45, 7) is 1.39. The molecule has 0 radical (unpaired) electrons. The molecule has 0 unspecified atom stereocenters. The van der Waals surface area contributed by atoms with Gasteiger partial charge >= 0.3 is 5.97 Å². The Morgan fingerprint density at radius 3 is 2.47 bits per heavy atom. The summed E-state index contributed by atoms with van der Waals surface area (Å²) in [7, 11) is 2.00. The quantitative estimate of drug-likeness (QED) is 0.867. The summed E-state index contributed by atoms with van der Waals surface area (Å²) in [6.07, 6.45) is 0.475. The van der Waals surface area contributed by atoms with E-state index in [1.54, 1.807) is 4.90 Å². The fourth-order valence-corrected chi connectivity index (χ4v) is 2.68. The second-order valence-corrected chi connectivity index (χ2v) is 5.19. The molecule has 5 heteroatoms. The third-order valence-corrected chi connectivity index (χ3v) is 3.93. The maximum absolute atomic E-state index is 12.4.